The number of hydrogen-bond donors (Lipinski definition) is 10. The Balaban J connectivity index is 1.01. The fraction of sp³-hybridized carbons (Fsp3) is 0.643. The molecule has 14 atom stereocenters. The normalized spacial score (nSPS) is 33.6. The third kappa shape index (κ3) is 11.4. The summed E-state index contributed by atoms with van der Waals surface area (Å²) in [6, 6.07) is 14.1. The molecule has 0 spiro atoms. The fourth-order valence-corrected chi connectivity index (χ4v) is 8.57. The highest BCUT2D eigenvalue weighted by Gasteiger charge is 2.53. The van der Waals surface area contributed by atoms with Crippen LogP contribution in [-0.2, 0) is 38.0 Å². The Morgan fingerprint density at radius 3 is 1.93 bits per heavy atom. The maximum atomic E-state index is 12.4. The molecule has 18 nitrogen and oxygen atoms in total. The Morgan fingerprint density at radius 1 is 0.705 bits per heavy atom. The van der Waals surface area contributed by atoms with Crippen LogP contribution < -0.4 is 21.3 Å². The summed E-state index contributed by atoms with van der Waals surface area (Å²) in [5, 5.41) is 76.8. The number of thiocarbonyl (C=S) groups is 1. The van der Waals surface area contributed by atoms with Crippen LogP contribution in [0.5, 0.6) is 0 Å². The lowest BCUT2D eigenvalue weighted by atomic mass is 9.94. The average molecular weight is 877 g/mol. The highest BCUT2D eigenvalue weighted by Crippen LogP contribution is 2.43. The van der Waals surface area contributed by atoms with Crippen LogP contribution in [0.4, 0.5) is 0 Å². The predicted octanol–water partition coefficient (Wildman–Crippen LogP) is -0.410. The number of unbranched alkanes of at least 4 members (excludes halogenated alkanes) is 3. The molecule has 19 heteroatoms. The van der Waals surface area contributed by atoms with Crippen LogP contribution in [0.1, 0.15) is 70.0 Å². The molecule has 3 aliphatic heterocycles. The number of aliphatic hydroxyl groups excluding tert-OH is 6. The summed E-state index contributed by atoms with van der Waals surface area (Å²) in [6.45, 7) is 3.53. The van der Waals surface area contributed by atoms with Gasteiger partial charge in [-0.05, 0) is 54.2 Å². The van der Waals surface area contributed by atoms with Crippen molar-refractivity contribution in [2.75, 3.05) is 26.4 Å². The summed E-state index contributed by atoms with van der Waals surface area (Å²) >= 11 is 5.65. The number of carbonyl (C=O) groups is 2. The number of carbonyl (C=O) groups excluding carboxylic acids is 2. The van der Waals surface area contributed by atoms with Crippen molar-refractivity contribution in [2.24, 2.45) is 0 Å². The number of ether oxygens (including phenoxy) is 6. The van der Waals surface area contributed by atoms with E-state index in [4.69, 9.17) is 40.6 Å². The standard InChI is InChI=1S/C42H60N4O14S/c1-21-28(51)18-29(52)39(56-21)60-38-34(45-23(3)50)41(57-30(19-47)35(38)53)59-37-31(20-48)58-40(33(36(37)54)44-22(2)49)55-17-11-5-4-10-16-43-42(61)46-32-26-14-8-6-12-24(26)25-13-7-9-15-27(25)32/h6-9,12-15,21,28-41,47-48,51-54H,4-5,10-11,16-20H2,1-3H3,(H,44,49)(H,45,50)(H2,43,46,61)/t21-,28+,29+,30-,31-,33-,34-,35+,36-,37-,38-,39+,40-,41+/m1/s1. The van der Waals surface area contributed by atoms with E-state index in [0.717, 1.165) is 19.3 Å². The zero-order valence-electron chi connectivity index (χ0n) is 34.5. The molecule has 10 N–H and O–H groups in total. The van der Waals surface area contributed by atoms with Crippen molar-refractivity contribution >= 4 is 29.1 Å². The molecule has 1 aliphatic carbocycles. The highest BCUT2D eigenvalue weighted by atomic mass is 32.1. The van der Waals surface area contributed by atoms with E-state index in [0.29, 0.717) is 18.1 Å². The maximum Gasteiger partial charge on any atom is 0.217 e. The number of aliphatic hydroxyl groups is 6. The molecular weight excluding hydrogens is 817 g/mol. The molecule has 61 heavy (non-hydrogen) atoms. The van der Waals surface area contributed by atoms with Crippen molar-refractivity contribution in [1.82, 2.24) is 21.3 Å². The van der Waals surface area contributed by atoms with E-state index in [1.54, 1.807) is 6.92 Å². The molecule has 0 unspecified atom stereocenters. The first-order valence-corrected chi connectivity index (χ1v) is 21.3. The molecule has 0 radical (unpaired) electrons. The van der Waals surface area contributed by atoms with Crippen molar-refractivity contribution in [3.63, 3.8) is 0 Å². The van der Waals surface area contributed by atoms with E-state index < -0.39 is 111 Å². The van der Waals surface area contributed by atoms with Gasteiger partial charge in [0.05, 0.1) is 31.5 Å². The van der Waals surface area contributed by atoms with Gasteiger partial charge in [-0.25, -0.2) is 0 Å². The van der Waals surface area contributed by atoms with Crippen molar-refractivity contribution in [3.05, 3.63) is 59.7 Å². The SMILES string of the molecule is CC(=O)N[C@H]1[C@H](OCCCCCCNC(=S)NC2c3ccccc3-c3ccccc32)O[C@H](CO)[C@@H](O[C@@H]2O[C@H](CO)[C@H](O)[C@H](O[C@@H]3O[C@H](C)[C@@H](O)C[C@@H]3O)[C@H]2NC(C)=O)[C@@H]1O. The van der Waals surface area contributed by atoms with Gasteiger partial charge in [0.1, 0.15) is 54.8 Å². The Labute approximate surface area is 360 Å². The number of nitrogens with one attached hydrogen (secondary N) is 4. The first-order chi connectivity index (χ1) is 29.3. The third-order valence-corrected chi connectivity index (χ3v) is 11.7. The van der Waals surface area contributed by atoms with Crippen molar-refractivity contribution in [3.8, 4) is 11.1 Å². The van der Waals surface area contributed by atoms with E-state index in [1.165, 1.54) is 36.1 Å². The van der Waals surface area contributed by atoms with Gasteiger partial charge in [-0.1, -0.05) is 61.4 Å². The molecule has 338 valence electrons. The van der Waals surface area contributed by atoms with Crippen LogP contribution in [0.2, 0.25) is 0 Å². The summed E-state index contributed by atoms with van der Waals surface area (Å²) in [5.74, 6) is -1.09. The minimum absolute atomic E-state index is 0.0295. The number of fused-ring (bicyclic) bond motifs is 3. The minimum Gasteiger partial charge on any atom is -0.394 e. The molecule has 4 aliphatic rings. The van der Waals surface area contributed by atoms with Crippen LogP contribution in [0.3, 0.4) is 0 Å². The number of rotatable bonds is 17. The Morgan fingerprint density at radius 2 is 1.30 bits per heavy atom. The summed E-state index contributed by atoms with van der Waals surface area (Å²) in [6.07, 6.45) is -12.5. The summed E-state index contributed by atoms with van der Waals surface area (Å²) in [5.41, 5.74) is 4.78. The molecular formula is C42H60N4O14S. The summed E-state index contributed by atoms with van der Waals surface area (Å²) < 4.78 is 35.8. The highest BCUT2D eigenvalue weighted by molar-refractivity contribution is 7.80. The van der Waals surface area contributed by atoms with Crippen LogP contribution in [-0.4, -0.2) is 160 Å². The molecule has 3 heterocycles. The van der Waals surface area contributed by atoms with Crippen LogP contribution in [0.15, 0.2) is 48.5 Å². The molecule has 0 bridgehead atoms. The smallest absolute Gasteiger partial charge is 0.217 e. The lowest BCUT2D eigenvalue weighted by Crippen LogP contribution is -2.70. The van der Waals surface area contributed by atoms with Gasteiger partial charge in [0.2, 0.25) is 11.8 Å². The van der Waals surface area contributed by atoms with Gasteiger partial charge in [0.25, 0.3) is 0 Å². The molecule has 0 saturated carbocycles. The lowest BCUT2D eigenvalue weighted by molar-refractivity contribution is -0.351. The third-order valence-electron chi connectivity index (χ3n) is 11.5. The lowest BCUT2D eigenvalue weighted by Gasteiger charge is -2.49. The van der Waals surface area contributed by atoms with Crippen LogP contribution in [0, 0.1) is 0 Å². The molecule has 2 aromatic rings. The van der Waals surface area contributed by atoms with Gasteiger partial charge >= 0.3 is 0 Å². The van der Waals surface area contributed by atoms with E-state index in [-0.39, 0.29) is 19.1 Å². The van der Waals surface area contributed by atoms with Crippen molar-refractivity contribution in [2.45, 2.75) is 145 Å². The number of hydrogen-bond acceptors (Lipinski definition) is 15. The number of amides is 2. The summed E-state index contributed by atoms with van der Waals surface area (Å²) in [7, 11) is 0. The van der Waals surface area contributed by atoms with Crippen molar-refractivity contribution in [1.29, 1.82) is 0 Å². The second kappa shape index (κ2) is 21.8. The van der Waals surface area contributed by atoms with Gasteiger partial charge in [0, 0.05) is 33.4 Å². The first kappa shape index (κ1) is 47.1. The van der Waals surface area contributed by atoms with Gasteiger partial charge < -0.3 is 80.3 Å². The molecule has 3 saturated heterocycles. The van der Waals surface area contributed by atoms with E-state index in [2.05, 4.69) is 45.5 Å². The molecule has 6 rings (SSSR count). The van der Waals surface area contributed by atoms with Gasteiger partial charge in [-0.2, -0.15) is 0 Å². The van der Waals surface area contributed by atoms with Crippen molar-refractivity contribution < 1.29 is 68.6 Å². The fourth-order valence-electron chi connectivity index (χ4n) is 8.35. The molecule has 2 amide bonds. The second-order valence-electron chi connectivity index (χ2n) is 16.0. The Hall–Kier alpha value is -3.41. The molecule has 3 fully saturated rings. The molecule has 2 aromatic carbocycles. The molecule has 0 aromatic heterocycles. The monoisotopic (exact) mass is 876 g/mol. The predicted molar refractivity (Wildman–Crippen MR) is 221 cm³/mol. The average Bonchev–Trinajstić information content (AvgIpc) is 3.54. The second-order valence-corrected chi connectivity index (χ2v) is 16.4. The zero-order chi connectivity index (χ0) is 43.8. The van der Waals surface area contributed by atoms with E-state index >= 15 is 0 Å². The van der Waals surface area contributed by atoms with Gasteiger partial charge in [-0.3, -0.25) is 9.59 Å². The first-order valence-electron chi connectivity index (χ1n) is 20.9. The number of benzene rings is 2. The largest absolute Gasteiger partial charge is 0.394 e. The minimum atomic E-state index is -1.57. The van der Waals surface area contributed by atoms with Gasteiger partial charge in [-0.15, -0.1) is 0 Å². The Kier molecular flexibility index (Phi) is 16.8. The van der Waals surface area contributed by atoms with Crippen LogP contribution in [0.25, 0.3) is 11.1 Å². The van der Waals surface area contributed by atoms with E-state index in [1.807, 2.05) is 24.3 Å². The van der Waals surface area contributed by atoms with Gasteiger partial charge in [0.15, 0.2) is 24.0 Å². The van der Waals surface area contributed by atoms with E-state index in [9.17, 15) is 40.2 Å². The summed E-state index contributed by atoms with van der Waals surface area (Å²) in [4.78, 5) is 24.8. The Bertz CT molecular complexity index is 1730. The zero-order valence-corrected chi connectivity index (χ0v) is 35.3. The quantitative estimate of drug-likeness (QED) is 0.0716. The maximum absolute atomic E-state index is 12.4. The van der Waals surface area contributed by atoms with Crippen LogP contribution >= 0.6 is 12.2 Å². The topological polar surface area (TPSA) is 259 Å².